The summed E-state index contributed by atoms with van der Waals surface area (Å²) in [7, 11) is 1.58. The second kappa shape index (κ2) is 6.31. The first-order chi connectivity index (χ1) is 7.65. The molecule has 0 saturated carbocycles. The van der Waals surface area contributed by atoms with Crippen LogP contribution >= 0.6 is 11.6 Å². The Morgan fingerprint density at radius 1 is 1.62 bits per heavy atom. The number of methoxy groups -OCH3 is 1. The third-order valence-corrected chi connectivity index (χ3v) is 2.03. The average molecular weight is 240 g/mol. The highest BCUT2D eigenvalue weighted by atomic mass is 35.5. The zero-order chi connectivity index (χ0) is 12.0. The van der Waals surface area contributed by atoms with Crippen molar-refractivity contribution < 1.29 is 4.74 Å². The molecule has 1 aromatic heterocycles. The Hall–Kier alpha value is -1.31. The number of halogens is 1. The molecule has 0 aliphatic carbocycles. The summed E-state index contributed by atoms with van der Waals surface area (Å²) in [6, 6.07) is 1.81. The van der Waals surface area contributed by atoms with Crippen molar-refractivity contribution in [1.82, 2.24) is 9.97 Å². The van der Waals surface area contributed by atoms with E-state index in [0.29, 0.717) is 29.8 Å². The number of nitrogens with zero attached hydrogens (tertiary/aromatic N) is 2. The number of rotatable bonds is 5. The summed E-state index contributed by atoms with van der Waals surface area (Å²) in [5.41, 5.74) is 0. The fourth-order valence-electron chi connectivity index (χ4n) is 1.21. The van der Waals surface area contributed by atoms with Gasteiger partial charge in [-0.05, 0) is 6.92 Å². The van der Waals surface area contributed by atoms with Gasteiger partial charge in [0.2, 0.25) is 0 Å². The van der Waals surface area contributed by atoms with Crippen molar-refractivity contribution in [2.24, 2.45) is 0 Å². The van der Waals surface area contributed by atoms with Gasteiger partial charge in [-0.2, -0.15) is 0 Å². The topological polar surface area (TPSA) is 47.0 Å². The second-order valence-electron chi connectivity index (χ2n) is 3.38. The standard InChI is InChI=1S/C11H14ClN3O/c1-4-5-8(2)13-10-6-9(12)14-11(15-10)7-16-3/h1,6,8H,5,7H2,2-3H3,(H,13,14,15). The van der Waals surface area contributed by atoms with Crippen molar-refractivity contribution in [3.8, 4) is 12.3 Å². The maximum atomic E-state index is 5.86. The SMILES string of the molecule is C#CCC(C)Nc1cc(Cl)nc(COC)n1. The van der Waals surface area contributed by atoms with Gasteiger partial charge >= 0.3 is 0 Å². The van der Waals surface area contributed by atoms with E-state index in [9.17, 15) is 0 Å². The molecule has 1 rings (SSSR count). The summed E-state index contributed by atoms with van der Waals surface area (Å²) in [6.45, 7) is 2.31. The molecule has 0 bridgehead atoms. The maximum absolute atomic E-state index is 5.86. The molecule has 1 N–H and O–H groups in total. The van der Waals surface area contributed by atoms with Gasteiger partial charge in [0.15, 0.2) is 5.82 Å². The van der Waals surface area contributed by atoms with Gasteiger partial charge in [-0.1, -0.05) is 11.6 Å². The Labute approximate surface area is 100 Å². The molecule has 0 spiro atoms. The average Bonchev–Trinajstić information content (AvgIpc) is 2.17. The van der Waals surface area contributed by atoms with Crippen LogP contribution in [-0.4, -0.2) is 23.1 Å². The molecule has 0 aliphatic rings. The first-order valence-corrected chi connectivity index (χ1v) is 5.26. The van der Waals surface area contributed by atoms with E-state index in [0.717, 1.165) is 0 Å². The Morgan fingerprint density at radius 3 is 3.00 bits per heavy atom. The van der Waals surface area contributed by atoms with Gasteiger partial charge in [0.1, 0.15) is 17.6 Å². The van der Waals surface area contributed by atoms with Gasteiger partial charge in [0.25, 0.3) is 0 Å². The minimum atomic E-state index is 0.145. The molecule has 0 fully saturated rings. The van der Waals surface area contributed by atoms with Gasteiger partial charge in [0.05, 0.1) is 0 Å². The third-order valence-electron chi connectivity index (χ3n) is 1.83. The Kier molecular flexibility index (Phi) is 5.03. The number of anilines is 1. The summed E-state index contributed by atoms with van der Waals surface area (Å²) < 4.78 is 4.95. The van der Waals surface area contributed by atoms with Crippen LogP contribution in [0.25, 0.3) is 0 Å². The molecule has 0 aliphatic heterocycles. The molecule has 5 heteroatoms. The van der Waals surface area contributed by atoms with Gasteiger partial charge in [-0.15, -0.1) is 12.3 Å². The van der Waals surface area contributed by atoms with Crippen LogP contribution in [-0.2, 0) is 11.3 Å². The van der Waals surface area contributed by atoms with Gasteiger partial charge in [0, 0.05) is 25.6 Å². The van der Waals surface area contributed by atoms with Crippen LogP contribution in [0.5, 0.6) is 0 Å². The van der Waals surface area contributed by atoms with E-state index in [1.54, 1.807) is 13.2 Å². The quantitative estimate of drug-likeness (QED) is 0.632. The molecule has 1 aromatic rings. The van der Waals surface area contributed by atoms with Gasteiger partial charge in [-0.25, -0.2) is 9.97 Å². The van der Waals surface area contributed by atoms with Crippen LogP contribution in [0, 0.1) is 12.3 Å². The van der Waals surface area contributed by atoms with E-state index in [1.165, 1.54) is 0 Å². The van der Waals surface area contributed by atoms with Crippen molar-refractivity contribution >= 4 is 17.4 Å². The summed E-state index contributed by atoms with van der Waals surface area (Å²) in [5, 5.41) is 3.54. The van der Waals surface area contributed by atoms with E-state index in [-0.39, 0.29) is 6.04 Å². The predicted octanol–water partition coefficient (Wildman–Crippen LogP) is 2.10. The van der Waals surface area contributed by atoms with Crippen LogP contribution in [0.4, 0.5) is 5.82 Å². The number of aromatic nitrogens is 2. The zero-order valence-electron chi connectivity index (χ0n) is 9.33. The van der Waals surface area contributed by atoms with Crippen LogP contribution in [0.1, 0.15) is 19.2 Å². The number of terminal acetylenes is 1. The summed E-state index contributed by atoms with van der Waals surface area (Å²) >= 11 is 5.86. The predicted molar refractivity (Wildman–Crippen MR) is 64.3 cm³/mol. The molecule has 1 heterocycles. The second-order valence-corrected chi connectivity index (χ2v) is 3.77. The fraction of sp³-hybridized carbons (Fsp3) is 0.455. The highest BCUT2D eigenvalue weighted by Crippen LogP contribution is 2.13. The van der Waals surface area contributed by atoms with Crippen molar-refractivity contribution in [1.29, 1.82) is 0 Å². The molecule has 1 atom stereocenters. The normalized spacial score (nSPS) is 11.9. The van der Waals surface area contributed by atoms with Crippen LogP contribution in [0.15, 0.2) is 6.07 Å². The molecule has 4 nitrogen and oxygen atoms in total. The van der Waals surface area contributed by atoms with Crippen LogP contribution < -0.4 is 5.32 Å². The molecule has 0 aromatic carbocycles. The van der Waals surface area contributed by atoms with E-state index >= 15 is 0 Å². The van der Waals surface area contributed by atoms with Gasteiger partial charge in [-0.3, -0.25) is 0 Å². The molecule has 16 heavy (non-hydrogen) atoms. The molecular formula is C11H14ClN3O. The lowest BCUT2D eigenvalue weighted by molar-refractivity contribution is 0.178. The molecule has 86 valence electrons. The van der Waals surface area contributed by atoms with Crippen molar-refractivity contribution in [2.45, 2.75) is 26.0 Å². The Morgan fingerprint density at radius 2 is 2.38 bits per heavy atom. The molecule has 1 unspecified atom stereocenters. The first kappa shape index (κ1) is 12.8. The Balaban J connectivity index is 2.76. The lowest BCUT2D eigenvalue weighted by atomic mass is 10.2. The van der Waals surface area contributed by atoms with Crippen molar-refractivity contribution in [3.63, 3.8) is 0 Å². The number of hydrogen-bond acceptors (Lipinski definition) is 4. The summed E-state index contributed by atoms with van der Waals surface area (Å²) in [4.78, 5) is 8.27. The fourth-order valence-corrected chi connectivity index (χ4v) is 1.41. The van der Waals surface area contributed by atoms with Gasteiger partial charge < -0.3 is 10.1 Å². The maximum Gasteiger partial charge on any atom is 0.158 e. The molecular weight excluding hydrogens is 226 g/mol. The van der Waals surface area contributed by atoms with E-state index < -0.39 is 0 Å². The number of ether oxygens (including phenoxy) is 1. The lowest BCUT2D eigenvalue weighted by Gasteiger charge is -2.12. The highest BCUT2D eigenvalue weighted by Gasteiger charge is 2.05. The highest BCUT2D eigenvalue weighted by molar-refractivity contribution is 6.29. The minimum absolute atomic E-state index is 0.145. The Bertz CT molecular complexity index is 389. The van der Waals surface area contributed by atoms with E-state index in [4.69, 9.17) is 22.8 Å². The van der Waals surface area contributed by atoms with E-state index in [1.807, 2.05) is 6.92 Å². The molecule has 0 amide bonds. The number of hydrogen-bond donors (Lipinski definition) is 1. The zero-order valence-corrected chi connectivity index (χ0v) is 10.1. The molecule has 0 radical (unpaired) electrons. The monoisotopic (exact) mass is 239 g/mol. The lowest BCUT2D eigenvalue weighted by Crippen LogP contribution is -2.16. The largest absolute Gasteiger partial charge is 0.377 e. The smallest absolute Gasteiger partial charge is 0.158 e. The minimum Gasteiger partial charge on any atom is -0.377 e. The van der Waals surface area contributed by atoms with Crippen LogP contribution in [0.2, 0.25) is 5.15 Å². The first-order valence-electron chi connectivity index (χ1n) is 4.88. The van der Waals surface area contributed by atoms with Crippen molar-refractivity contribution in [3.05, 3.63) is 17.0 Å². The summed E-state index contributed by atoms with van der Waals surface area (Å²) in [6.07, 6.45) is 5.85. The molecule has 0 saturated heterocycles. The van der Waals surface area contributed by atoms with Crippen LogP contribution in [0.3, 0.4) is 0 Å². The van der Waals surface area contributed by atoms with E-state index in [2.05, 4.69) is 21.2 Å². The summed E-state index contributed by atoms with van der Waals surface area (Å²) in [5.74, 6) is 3.79. The third kappa shape index (κ3) is 4.05. The number of nitrogens with one attached hydrogen (secondary N) is 1. The van der Waals surface area contributed by atoms with Crippen molar-refractivity contribution in [2.75, 3.05) is 12.4 Å².